The molecule has 1 amide bonds. The minimum Gasteiger partial charge on any atom is -0.465 e. The van der Waals surface area contributed by atoms with Gasteiger partial charge in [0.2, 0.25) is 0 Å². The lowest BCUT2D eigenvalue weighted by atomic mass is 10.2. The van der Waals surface area contributed by atoms with Crippen molar-refractivity contribution in [3.05, 3.63) is 67.7 Å². The van der Waals surface area contributed by atoms with Gasteiger partial charge in [-0.25, -0.2) is 4.39 Å². The van der Waals surface area contributed by atoms with Crippen LogP contribution in [0.2, 0.25) is 5.02 Å². The van der Waals surface area contributed by atoms with Gasteiger partial charge in [-0.1, -0.05) is 29.0 Å². The van der Waals surface area contributed by atoms with Crippen molar-refractivity contribution in [2.24, 2.45) is 4.99 Å². The van der Waals surface area contributed by atoms with E-state index in [1.807, 2.05) is 0 Å². The maximum Gasteiger partial charge on any atom is 0.326 e. The average Bonchev–Trinajstić information content (AvgIpc) is 3.00. The summed E-state index contributed by atoms with van der Waals surface area (Å²) in [6.07, 6.45) is 0. The molecule has 0 unspecified atom stereocenters. The fourth-order valence-corrected chi connectivity index (χ4v) is 3.83. The second-order valence-electron chi connectivity index (χ2n) is 5.70. The summed E-state index contributed by atoms with van der Waals surface area (Å²) in [6.45, 7) is 1.41. The Morgan fingerprint density at radius 3 is 2.79 bits per heavy atom. The molecule has 150 valence electrons. The first-order valence-corrected chi connectivity index (χ1v) is 9.47. The molecule has 2 aromatic carbocycles. The van der Waals surface area contributed by atoms with E-state index in [1.54, 1.807) is 13.0 Å². The van der Waals surface area contributed by atoms with Crippen molar-refractivity contribution >= 4 is 50.7 Å². The highest BCUT2D eigenvalue weighted by atomic mass is 35.5. The summed E-state index contributed by atoms with van der Waals surface area (Å²) in [4.78, 5) is 38.9. The highest BCUT2D eigenvalue weighted by molar-refractivity contribution is 7.16. The maximum atomic E-state index is 14.4. The van der Waals surface area contributed by atoms with Gasteiger partial charge in [0, 0.05) is 12.1 Å². The number of ether oxygens (including phenoxy) is 1. The molecule has 1 heterocycles. The van der Waals surface area contributed by atoms with Crippen LogP contribution in [-0.4, -0.2) is 28.0 Å². The van der Waals surface area contributed by atoms with Gasteiger partial charge < -0.3 is 9.30 Å². The van der Waals surface area contributed by atoms with Gasteiger partial charge in [0.15, 0.2) is 4.80 Å². The van der Waals surface area contributed by atoms with Gasteiger partial charge in [0.1, 0.15) is 12.4 Å². The van der Waals surface area contributed by atoms with E-state index >= 15 is 0 Å². The van der Waals surface area contributed by atoms with Crippen molar-refractivity contribution in [2.45, 2.75) is 13.5 Å². The van der Waals surface area contributed by atoms with E-state index in [9.17, 15) is 24.1 Å². The number of hydrogen-bond donors (Lipinski definition) is 0. The van der Waals surface area contributed by atoms with Crippen molar-refractivity contribution in [2.75, 3.05) is 6.61 Å². The molecule has 3 rings (SSSR count). The summed E-state index contributed by atoms with van der Waals surface area (Å²) in [5, 5.41) is 10.9. The Hall–Kier alpha value is -3.11. The standard InChI is InChI=1S/C18H13ClFN3O5S/c1-2-28-15(24)9-22-16-13(20)4-3-5-14(16)29-18(22)21-17(25)11-8-10(23(26)27)6-7-12(11)19/h3-8H,2,9H2,1H3. The van der Waals surface area contributed by atoms with E-state index in [-0.39, 0.29) is 39.7 Å². The van der Waals surface area contributed by atoms with Gasteiger partial charge in [-0.15, -0.1) is 0 Å². The number of aromatic nitrogens is 1. The zero-order chi connectivity index (χ0) is 21.1. The van der Waals surface area contributed by atoms with Crippen LogP contribution < -0.4 is 4.80 Å². The summed E-state index contributed by atoms with van der Waals surface area (Å²) >= 11 is 6.98. The van der Waals surface area contributed by atoms with Gasteiger partial charge in [0.25, 0.3) is 11.6 Å². The molecule has 0 saturated carbocycles. The molecule has 0 fully saturated rings. The van der Waals surface area contributed by atoms with E-state index in [0.29, 0.717) is 4.70 Å². The number of non-ortho nitro benzene ring substituents is 1. The molecule has 0 atom stereocenters. The predicted octanol–water partition coefficient (Wildman–Crippen LogP) is 3.71. The summed E-state index contributed by atoms with van der Waals surface area (Å²) < 4.78 is 21.0. The number of halogens is 2. The normalized spacial score (nSPS) is 11.6. The summed E-state index contributed by atoms with van der Waals surface area (Å²) in [7, 11) is 0. The fourth-order valence-electron chi connectivity index (χ4n) is 2.59. The Labute approximate surface area is 172 Å². The number of nitro groups is 1. The second kappa shape index (κ2) is 8.50. The third kappa shape index (κ3) is 4.33. The molecule has 0 radical (unpaired) electrons. The SMILES string of the molecule is CCOC(=O)Cn1c(=NC(=O)c2cc([N+](=O)[O-])ccc2Cl)sc2cccc(F)c21. The van der Waals surface area contributed by atoms with Crippen molar-refractivity contribution in [1.29, 1.82) is 0 Å². The number of carbonyl (C=O) groups excluding carboxylic acids is 2. The third-order valence-corrected chi connectivity index (χ3v) is 5.21. The molecule has 3 aromatic rings. The van der Waals surface area contributed by atoms with Crippen LogP contribution in [0.15, 0.2) is 41.4 Å². The Morgan fingerprint density at radius 1 is 1.34 bits per heavy atom. The first-order chi connectivity index (χ1) is 13.8. The molecule has 29 heavy (non-hydrogen) atoms. The summed E-state index contributed by atoms with van der Waals surface area (Å²) in [5.74, 6) is -2.08. The largest absolute Gasteiger partial charge is 0.465 e. The van der Waals surface area contributed by atoms with Crippen molar-refractivity contribution in [1.82, 2.24) is 4.57 Å². The lowest BCUT2D eigenvalue weighted by Crippen LogP contribution is -2.23. The summed E-state index contributed by atoms with van der Waals surface area (Å²) in [5.41, 5.74) is -0.404. The van der Waals surface area contributed by atoms with E-state index in [1.165, 1.54) is 22.8 Å². The second-order valence-corrected chi connectivity index (χ2v) is 7.12. The maximum absolute atomic E-state index is 14.4. The molecule has 11 heteroatoms. The predicted molar refractivity (Wildman–Crippen MR) is 104 cm³/mol. The number of para-hydroxylation sites is 1. The van der Waals surface area contributed by atoms with Crippen molar-refractivity contribution in [3.63, 3.8) is 0 Å². The highest BCUT2D eigenvalue weighted by Gasteiger charge is 2.18. The van der Waals surface area contributed by atoms with Crippen LogP contribution in [0.1, 0.15) is 17.3 Å². The molecule has 0 N–H and O–H groups in total. The Balaban J connectivity index is 2.16. The number of benzene rings is 2. The number of rotatable bonds is 5. The topological polar surface area (TPSA) is 104 Å². The lowest BCUT2D eigenvalue weighted by molar-refractivity contribution is -0.384. The monoisotopic (exact) mass is 437 g/mol. The Bertz CT molecular complexity index is 1200. The number of nitro benzene ring substituents is 1. The van der Waals surface area contributed by atoms with Gasteiger partial charge in [0.05, 0.1) is 32.3 Å². The molecular weight excluding hydrogens is 425 g/mol. The van der Waals surface area contributed by atoms with Crippen LogP contribution in [-0.2, 0) is 16.1 Å². The molecule has 0 aliphatic heterocycles. The number of amides is 1. The van der Waals surface area contributed by atoms with Crippen LogP contribution in [0.25, 0.3) is 10.2 Å². The Morgan fingerprint density at radius 2 is 2.10 bits per heavy atom. The highest BCUT2D eigenvalue weighted by Crippen LogP contribution is 2.24. The molecule has 1 aromatic heterocycles. The van der Waals surface area contributed by atoms with Gasteiger partial charge in [-0.3, -0.25) is 19.7 Å². The minimum absolute atomic E-state index is 0.0198. The zero-order valence-electron chi connectivity index (χ0n) is 14.9. The number of nitrogens with zero attached hydrogens (tertiary/aromatic N) is 3. The van der Waals surface area contributed by atoms with Crippen LogP contribution in [0.4, 0.5) is 10.1 Å². The van der Waals surface area contributed by atoms with Crippen LogP contribution in [0.5, 0.6) is 0 Å². The number of thiazole rings is 1. The van der Waals surface area contributed by atoms with Crippen LogP contribution in [0.3, 0.4) is 0 Å². The van der Waals surface area contributed by atoms with E-state index in [0.717, 1.165) is 23.5 Å². The van der Waals surface area contributed by atoms with E-state index in [2.05, 4.69) is 4.99 Å². The fraction of sp³-hybridized carbons (Fsp3) is 0.167. The van der Waals surface area contributed by atoms with Crippen LogP contribution >= 0.6 is 22.9 Å². The minimum atomic E-state index is -0.858. The van der Waals surface area contributed by atoms with E-state index < -0.39 is 22.6 Å². The van der Waals surface area contributed by atoms with Crippen LogP contribution in [0, 0.1) is 15.9 Å². The zero-order valence-corrected chi connectivity index (χ0v) is 16.5. The number of fused-ring (bicyclic) bond motifs is 1. The third-order valence-electron chi connectivity index (χ3n) is 3.83. The number of hydrogen-bond acceptors (Lipinski definition) is 6. The van der Waals surface area contributed by atoms with Gasteiger partial charge >= 0.3 is 5.97 Å². The lowest BCUT2D eigenvalue weighted by Gasteiger charge is -2.05. The molecule has 0 aliphatic carbocycles. The van der Waals surface area contributed by atoms with Gasteiger partial charge in [-0.2, -0.15) is 4.99 Å². The molecule has 0 spiro atoms. The molecule has 0 aliphatic rings. The first kappa shape index (κ1) is 20.6. The quantitative estimate of drug-likeness (QED) is 0.344. The molecule has 0 saturated heterocycles. The number of esters is 1. The summed E-state index contributed by atoms with van der Waals surface area (Å²) in [6, 6.07) is 7.73. The molecular formula is C18H13ClFN3O5S. The van der Waals surface area contributed by atoms with Gasteiger partial charge in [-0.05, 0) is 25.1 Å². The smallest absolute Gasteiger partial charge is 0.326 e. The van der Waals surface area contributed by atoms with E-state index in [4.69, 9.17) is 16.3 Å². The number of carbonyl (C=O) groups is 2. The molecule has 8 nitrogen and oxygen atoms in total. The van der Waals surface area contributed by atoms with Crippen molar-refractivity contribution in [3.8, 4) is 0 Å². The van der Waals surface area contributed by atoms with Crippen molar-refractivity contribution < 1.29 is 23.6 Å². The average molecular weight is 438 g/mol. The first-order valence-electron chi connectivity index (χ1n) is 8.28. The Kier molecular flexibility index (Phi) is 6.04. The molecule has 0 bridgehead atoms.